The molecule has 1 aliphatic rings. The Morgan fingerprint density at radius 1 is 1.44 bits per heavy atom. The maximum atomic E-state index is 11.0. The van der Waals surface area contributed by atoms with Gasteiger partial charge in [-0.2, -0.15) is 5.10 Å². The summed E-state index contributed by atoms with van der Waals surface area (Å²) in [5, 5.41) is 15.4. The third-order valence-corrected chi connectivity index (χ3v) is 4.29. The van der Waals surface area contributed by atoms with Gasteiger partial charge in [-0.1, -0.05) is 6.92 Å². The van der Waals surface area contributed by atoms with Crippen LogP contribution in [-0.4, -0.2) is 39.9 Å². The Bertz CT molecular complexity index is 407. The summed E-state index contributed by atoms with van der Waals surface area (Å²) >= 11 is 3.54. The van der Waals surface area contributed by atoms with Crippen molar-refractivity contribution in [3.05, 3.63) is 16.4 Å². The van der Waals surface area contributed by atoms with E-state index in [1.807, 2.05) is 4.68 Å². The lowest BCUT2D eigenvalue weighted by atomic mass is 9.91. The Labute approximate surface area is 117 Å². The Balaban J connectivity index is 2.30. The van der Waals surface area contributed by atoms with Crippen molar-refractivity contribution in [3.63, 3.8) is 0 Å². The minimum absolute atomic E-state index is 0.741. The van der Waals surface area contributed by atoms with Crippen molar-refractivity contribution < 1.29 is 5.11 Å². The number of likely N-dealkylation sites (tertiary alicyclic amines) is 1. The fourth-order valence-corrected chi connectivity index (χ4v) is 3.36. The molecule has 1 N–H and O–H groups in total. The summed E-state index contributed by atoms with van der Waals surface area (Å²) in [4.78, 5) is 2.28. The monoisotopic (exact) mass is 315 g/mol. The number of aliphatic hydroxyl groups is 1. The standard InChI is InChI=1S/C13H22BrN3O/c1-3-7-17-12(11(14)10-15-17)13(18)5-4-8-16(2)9-6-13/h10,18H,3-9H2,1-2H3. The molecule has 1 saturated heterocycles. The molecule has 2 heterocycles. The molecule has 2 rings (SSSR count). The number of aromatic nitrogens is 2. The molecule has 0 radical (unpaired) electrons. The van der Waals surface area contributed by atoms with Gasteiger partial charge in [0.25, 0.3) is 0 Å². The molecular formula is C13H22BrN3O. The second kappa shape index (κ2) is 5.72. The summed E-state index contributed by atoms with van der Waals surface area (Å²) in [6.45, 7) is 4.98. The van der Waals surface area contributed by atoms with Gasteiger partial charge in [0.15, 0.2) is 0 Å². The van der Waals surface area contributed by atoms with E-state index in [0.717, 1.165) is 55.5 Å². The van der Waals surface area contributed by atoms with Crippen LogP contribution in [0.1, 0.15) is 38.3 Å². The molecule has 0 aliphatic carbocycles. The molecule has 0 bridgehead atoms. The molecule has 5 heteroatoms. The quantitative estimate of drug-likeness (QED) is 0.931. The van der Waals surface area contributed by atoms with Crippen LogP contribution in [0.5, 0.6) is 0 Å². The lowest BCUT2D eigenvalue weighted by Gasteiger charge is -2.28. The van der Waals surface area contributed by atoms with E-state index in [4.69, 9.17) is 0 Å². The van der Waals surface area contributed by atoms with Crippen LogP contribution >= 0.6 is 15.9 Å². The first-order valence-corrected chi connectivity index (χ1v) is 7.49. The summed E-state index contributed by atoms with van der Waals surface area (Å²) in [7, 11) is 2.12. The van der Waals surface area contributed by atoms with Crippen molar-refractivity contribution in [2.45, 2.75) is 44.8 Å². The largest absolute Gasteiger partial charge is 0.383 e. The highest BCUT2D eigenvalue weighted by Gasteiger charge is 2.36. The van der Waals surface area contributed by atoms with E-state index in [9.17, 15) is 5.11 Å². The minimum Gasteiger partial charge on any atom is -0.383 e. The van der Waals surface area contributed by atoms with Gasteiger partial charge < -0.3 is 10.0 Å². The summed E-state index contributed by atoms with van der Waals surface area (Å²) < 4.78 is 2.89. The summed E-state index contributed by atoms with van der Waals surface area (Å²) in [5.41, 5.74) is 0.217. The number of hydrogen-bond donors (Lipinski definition) is 1. The molecule has 1 atom stereocenters. The van der Waals surface area contributed by atoms with Crippen LogP contribution in [0.2, 0.25) is 0 Å². The Kier molecular flexibility index (Phi) is 4.45. The molecule has 0 spiro atoms. The van der Waals surface area contributed by atoms with Gasteiger partial charge in [-0.05, 0) is 55.2 Å². The zero-order chi connectivity index (χ0) is 13.2. The minimum atomic E-state index is -0.741. The maximum Gasteiger partial charge on any atom is 0.109 e. The van der Waals surface area contributed by atoms with E-state index >= 15 is 0 Å². The first-order chi connectivity index (χ1) is 8.57. The number of nitrogens with zero attached hydrogens (tertiary/aromatic N) is 3. The van der Waals surface area contributed by atoms with Gasteiger partial charge in [-0.3, -0.25) is 4.68 Å². The molecule has 0 aromatic carbocycles. The number of hydrogen-bond acceptors (Lipinski definition) is 3. The third kappa shape index (κ3) is 2.78. The van der Waals surface area contributed by atoms with Crippen molar-refractivity contribution in [2.24, 2.45) is 0 Å². The smallest absolute Gasteiger partial charge is 0.109 e. The highest BCUT2D eigenvalue weighted by atomic mass is 79.9. The molecule has 102 valence electrons. The van der Waals surface area contributed by atoms with Crippen molar-refractivity contribution in [2.75, 3.05) is 20.1 Å². The van der Waals surface area contributed by atoms with Crippen LogP contribution in [0.25, 0.3) is 0 Å². The predicted octanol–water partition coefficient (Wildman–Crippen LogP) is 2.36. The van der Waals surface area contributed by atoms with Crippen LogP contribution in [0.15, 0.2) is 10.7 Å². The summed E-state index contributed by atoms with van der Waals surface area (Å²) in [5.74, 6) is 0. The zero-order valence-electron chi connectivity index (χ0n) is 11.2. The Hall–Kier alpha value is -0.390. The van der Waals surface area contributed by atoms with Crippen LogP contribution < -0.4 is 0 Å². The van der Waals surface area contributed by atoms with Gasteiger partial charge in [0.05, 0.1) is 16.4 Å². The molecule has 1 fully saturated rings. The van der Waals surface area contributed by atoms with E-state index < -0.39 is 5.60 Å². The fraction of sp³-hybridized carbons (Fsp3) is 0.769. The second-order valence-electron chi connectivity index (χ2n) is 5.25. The molecule has 1 aromatic rings. The topological polar surface area (TPSA) is 41.3 Å². The van der Waals surface area contributed by atoms with Gasteiger partial charge in [-0.25, -0.2) is 0 Å². The number of aryl methyl sites for hydroxylation is 1. The van der Waals surface area contributed by atoms with Crippen LogP contribution in [0, 0.1) is 0 Å². The lowest BCUT2D eigenvalue weighted by molar-refractivity contribution is 0.0122. The van der Waals surface area contributed by atoms with E-state index in [1.165, 1.54) is 0 Å². The zero-order valence-corrected chi connectivity index (χ0v) is 12.8. The van der Waals surface area contributed by atoms with Crippen LogP contribution in [-0.2, 0) is 12.1 Å². The van der Waals surface area contributed by atoms with Gasteiger partial charge in [0, 0.05) is 13.1 Å². The van der Waals surface area contributed by atoms with Gasteiger partial charge >= 0.3 is 0 Å². The van der Waals surface area contributed by atoms with Crippen molar-refractivity contribution >= 4 is 15.9 Å². The first-order valence-electron chi connectivity index (χ1n) is 6.69. The van der Waals surface area contributed by atoms with Crippen molar-refractivity contribution in [1.29, 1.82) is 0 Å². The summed E-state index contributed by atoms with van der Waals surface area (Å²) in [6, 6.07) is 0. The van der Waals surface area contributed by atoms with Gasteiger partial charge in [0.2, 0.25) is 0 Å². The van der Waals surface area contributed by atoms with E-state index in [0.29, 0.717) is 0 Å². The van der Waals surface area contributed by atoms with Crippen molar-refractivity contribution in [1.82, 2.24) is 14.7 Å². The highest BCUT2D eigenvalue weighted by Crippen LogP contribution is 2.36. The van der Waals surface area contributed by atoms with Gasteiger partial charge in [-0.15, -0.1) is 0 Å². The fourth-order valence-electron chi connectivity index (χ4n) is 2.70. The van der Waals surface area contributed by atoms with E-state index in [-0.39, 0.29) is 0 Å². The molecule has 1 aliphatic heterocycles. The van der Waals surface area contributed by atoms with Crippen molar-refractivity contribution in [3.8, 4) is 0 Å². The molecule has 4 nitrogen and oxygen atoms in total. The van der Waals surface area contributed by atoms with E-state index in [1.54, 1.807) is 6.20 Å². The second-order valence-corrected chi connectivity index (χ2v) is 6.11. The third-order valence-electron chi connectivity index (χ3n) is 3.71. The molecule has 1 aromatic heterocycles. The molecule has 0 amide bonds. The van der Waals surface area contributed by atoms with Crippen LogP contribution in [0.3, 0.4) is 0 Å². The summed E-state index contributed by atoms with van der Waals surface area (Å²) in [6.07, 6.45) is 5.44. The number of rotatable bonds is 3. The average molecular weight is 316 g/mol. The Morgan fingerprint density at radius 3 is 2.94 bits per heavy atom. The molecule has 18 heavy (non-hydrogen) atoms. The van der Waals surface area contributed by atoms with E-state index in [2.05, 4.69) is 39.9 Å². The molecule has 0 saturated carbocycles. The normalized spacial score (nSPS) is 26.2. The van der Waals surface area contributed by atoms with Crippen LogP contribution in [0.4, 0.5) is 0 Å². The SMILES string of the molecule is CCCn1ncc(Br)c1C1(O)CCCN(C)CC1. The Morgan fingerprint density at radius 2 is 2.22 bits per heavy atom. The maximum absolute atomic E-state index is 11.0. The first kappa shape index (κ1) is 14.0. The lowest BCUT2D eigenvalue weighted by Crippen LogP contribution is -2.31. The average Bonchev–Trinajstić information content (AvgIpc) is 2.60. The molecule has 1 unspecified atom stereocenters. The van der Waals surface area contributed by atoms with Gasteiger partial charge in [0.1, 0.15) is 5.60 Å². The number of halogens is 1. The predicted molar refractivity (Wildman–Crippen MR) is 75.5 cm³/mol. The molecular weight excluding hydrogens is 294 g/mol. The highest BCUT2D eigenvalue weighted by molar-refractivity contribution is 9.10.